The van der Waals surface area contributed by atoms with Gasteiger partial charge in [-0.2, -0.15) is 0 Å². The highest BCUT2D eigenvalue weighted by Gasteiger charge is 2.31. The third-order valence-electron chi connectivity index (χ3n) is 5.30. The Morgan fingerprint density at radius 1 is 1.28 bits per heavy atom. The molecular weight excluding hydrogens is 408 g/mol. The van der Waals surface area contributed by atoms with Gasteiger partial charge in [0.15, 0.2) is 0 Å². The van der Waals surface area contributed by atoms with E-state index in [1.165, 1.54) is 11.9 Å². The fraction of sp³-hybridized carbons (Fsp3) is 0.250. The maximum atomic E-state index is 12.9. The maximum Gasteiger partial charge on any atom is 0.259 e. The average Bonchev–Trinajstić information content (AvgIpc) is 3.33. The van der Waals surface area contributed by atoms with Gasteiger partial charge in [-0.3, -0.25) is 4.79 Å². The number of anilines is 1. The lowest BCUT2D eigenvalue weighted by molar-refractivity contribution is -0.117. The van der Waals surface area contributed by atoms with Crippen molar-refractivity contribution < 1.29 is 4.79 Å². The van der Waals surface area contributed by atoms with Gasteiger partial charge in [0, 0.05) is 24.7 Å². The topological polar surface area (TPSA) is 99.9 Å². The Bertz CT molecular complexity index is 1080. The number of aromatic amines is 1. The Labute approximate surface area is 178 Å². The SMILES string of the molecule is Cl.N[C@H]1c2ccccc2C[C@@H]1NC(=O)C1=CN(c2ncnc3[nH]ccc23)CCS1. The van der Waals surface area contributed by atoms with Crippen LogP contribution in [0, 0.1) is 0 Å². The monoisotopic (exact) mass is 428 g/mol. The largest absolute Gasteiger partial charge is 0.347 e. The number of benzene rings is 1. The normalized spacial score (nSPS) is 20.7. The molecule has 4 N–H and O–H groups in total. The summed E-state index contributed by atoms with van der Waals surface area (Å²) >= 11 is 1.56. The Balaban J connectivity index is 0.00000205. The van der Waals surface area contributed by atoms with E-state index in [2.05, 4.69) is 26.3 Å². The second-order valence-electron chi connectivity index (χ2n) is 6.98. The first-order chi connectivity index (χ1) is 13.7. The molecule has 0 fully saturated rings. The number of aromatic nitrogens is 3. The fourth-order valence-corrected chi connectivity index (χ4v) is 4.78. The van der Waals surface area contributed by atoms with Crippen LogP contribution in [0.5, 0.6) is 0 Å². The minimum Gasteiger partial charge on any atom is -0.347 e. The average molecular weight is 429 g/mol. The molecule has 2 atom stereocenters. The molecule has 9 heteroatoms. The molecule has 5 rings (SSSR count). The summed E-state index contributed by atoms with van der Waals surface area (Å²) in [6.07, 6.45) is 6.03. The first-order valence-electron chi connectivity index (χ1n) is 9.24. The minimum absolute atomic E-state index is 0. The minimum atomic E-state index is -0.174. The zero-order chi connectivity index (χ0) is 19.1. The number of rotatable bonds is 3. The van der Waals surface area contributed by atoms with E-state index in [9.17, 15) is 4.79 Å². The van der Waals surface area contributed by atoms with Crippen molar-refractivity contribution in [1.29, 1.82) is 0 Å². The Hall–Kier alpha value is -2.55. The third-order valence-corrected chi connectivity index (χ3v) is 6.28. The van der Waals surface area contributed by atoms with Gasteiger partial charge >= 0.3 is 0 Å². The van der Waals surface area contributed by atoms with Crippen molar-refractivity contribution in [2.45, 2.75) is 18.5 Å². The molecular formula is C20H21ClN6OS. The predicted octanol–water partition coefficient (Wildman–Crippen LogP) is 2.52. The van der Waals surface area contributed by atoms with E-state index in [4.69, 9.17) is 5.73 Å². The number of carbonyl (C=O) groups excluding carboxylic acids is 1. The first kappa shape index (κ1) is 19.8. The van der Waals surface area contributed by atoms with Crippen molar-refractivity contribution in [2.24, 2.45) is 5.73 Å². The number of carbonyl (C=O) groups is 1. The van der Waals surface area contributed by atoms with Gasteiger partial charge in [-0.15, -0.1) is 24.2 Å². The highest BCUT2D eigenvalue weighted by atomic mass is 35.5. The van der Waals surface area contributed by atoms with Crippen LogP contribution in [-0.4, -0.2) is 39.2 Å². The van der Waals surface area contributed by atoms with Crippen LogP contribution in [0.15, 0.2) is 54.0 Å². The summed E-state index contributed by atoms with van der Waals surface area (Å²) in [6.45, 7) is 0.785. The molecule has 3 aromatic rings. The van der Waals surface area contributed by atoms with Crippen molar-refractivity contribution in [1.82, 2.24) is 20.3 Å². The van der Waals surface area contributed by atoms with E-state index in [1.807, 2.05) is 41.6 Å². The third kappa shape index (κ3) is 3.59. The molecule has 7 nitrogen and oxygen atoms in total. The van der Waals surface area contributed by atoms with Crippen LogP contribution in [-0.2, 0) is 11.2 Å². The fourth-order valence-electron chi connectivity index (χ4n) is 3.88. The molecule has 1 aliphatic heterocycles. The summed E-state index contributed by atoms with van der Waals surface area (Å²) in [7, 11) is 0. The molecule has 150 valence electrons. The van der Waals surface area contributed by atoms with Gasteiger partial charge in [0.2, 0.25) is 0 Å². The van der Waals surface area contributed by atoms with Crippen LogP contribution in [0.4, 0.5) is 5.82 Å². The smallest absolute Gasteiger partial charge is 0.259 e. The van der Waals surface area contributed by atoms with Gasteiger partial charge in [-0.25, -0.2) is 9.97 Å². The van der Waals surface area contributed by atoms with Crippen LogP contribution < -0.4 is 16.0 Å². The lowest BCUT2D eigenvalue weighted by Crippen LogP contribution is -2.42. The zero-order valence-electron chi connectivity index (χ0n) is 15.5. The highest BCUT2D eigenvalue weighted by Crippen LogP contribution is 2.32. The number of H-pyrrole nitrogens is 1. The highest BCUT2D eigenvalue weighted by molar-refractivity contribution is 8.04. The Morgan fingerprint density at radius 3 is 3.00 bits per heavy atom. The lowest BCUT2D eigenvalue weighted by atomic mass is 10.1. The standard InChI is InChI=1S/C20H20N6OS.ClH/c21-17-13-4-2-1-3-12(13)9-15(17)25-20(27)16-10-26(7-8-28-16)19-14-5-6-22-18(14)23-11-24-19;/h1-6,10-11,15,17H,7-9,21H2,(H,25,27)(H,22,23,24);1H/t15-,17-;/m0./s1. The first-order valence-corrected chi connectivity index (χ1v) is 10.2. The molecule has 1 aromatic carbocycles. The van der Waals surface area contributed by atoms with E-state index in [-0.39, 0.29) is 30.4 Å². The summed E-state index contributed by atoms with van der Waals surface area (Å²) in [5.74, 6) is 1.54. The maximum absolute atomic E-state index is 12.9. The number of nitrogens with zero attached hydrogens (tertiary/aromatic N) is 3. The second-order valence-corrected chi connectivity index (χ2v) is 8.12. The van der Waals surface area contributed by atoms with Crippen molar-refractivity contribution in [2.75, 3.05) is 17.2 Å². The zero-order valence-corrected chi connectivity index (χ0v) is 17.2. The van der Waals surface area contributed by atoms with Crippen molar-refractivity contribution >= 4 is 46.9 Å². The van der Waals surface area contributed by atoms with Gasteiger partial charge in [0.25, 0.3) is 5.91 Å². The Kier molecular flexibility index (Phi) is 5.49. The molecule has 2 aromatic heterocycles. The molecule has 0 bridgehead atoms. The summed E-state index contributed by atoms with van der Waals surface area (Å²) in [5.41, 5.74) is 9.49. The number of thioether (sulfide) groups is 1. The molecule has 0 saturated carbocycles. The van der Waals surface area contributed by atoms with Crippen molar-refractivity contribution in [3.8, 4) is 0 Å². The molecule has 1 amide bonds. The quantitative estimate of drug-likeness (QED) is 0.592. The van der Waals surface area contributed by atoms with Crippen LogP contribution in [0.1, 0.15) is 17.2 Å². The summed E-state index contributed by atoms with van der Waals surface area (Å²) in [5, 5.41) is 4.07. The molecule has 1 aliphatic carbocycles. The number of nitrogens with one attached hydrogen (secondary N) is 2. The van der Waals surface area contributed by atoms with E-state index in [0.717, 1.165) is 41.1 Å². The van der Waals surface area contributed by atoms with E-state index in [0.29, 0.717) is 4.91 Å². The van der Waals surface area contributed by atoms with Crippen LogP contribution >= 0.6 is 24.2 Å². The predicted molar refractivity (Wildman–Crippen MR) is 118 cm³/mol. The Morgan fingerprint density at radius 2 is 2.14 bits per heavy atom. The van der Waals surface area contributed by atoms with Crippen molar-refractivity contribution in [3.63, 3.8) is 0 Å². The van der Waals surface area contributed by atoms with E-state index < -0.39 is 0 Å². The number of fused-ring (bicyclic) bond motifs is 2. The summed E-state index contributed by atoms with van der Waals surface area (Å²) in [6, 6.07) is 9.81. The van der Waals surface area contributed by atoms with Gasteiger partial charge in [-0.05, 0) is 23.6 Å². The van der Waals surface area contributed by atoms with Crippen molar-refractivity contribution in [3.05, 3.63) is 65.1 Å². The van der Waals surface area contributed by atoms with E-state index >= 15 is 0 Å². The number of hydrogen-bond acceptors (Lipinski definition) is 6. The second kappa shape index (κ2) is 8.06. The molecule has 0 radical (unpaired) electrons. The van der Waals surface area contributed by atoms with Gasteiger partial charge in [0.05, 0.1) is 22.4 Å². The molecule has 3 heterocycles. The van der Waals surface area contributed by atoms with Gasteiger partial charge < -0.3 is 20.9 Å². The number of halogens is 1. The number of hydrogen-bond donors (Lipinski definition) is 3. The molecule has 0 saturated heterocycles. The van der Waals surface area contributed by atoms with E-state index in [1.54, 1.807) is 11.8 Å². The molecule has 2 aliphatic rings. The number of nitrogens with two attached hydrogens (primary N) is 1. The van der Waals surface area contributed by atoms with Crippen LogP contribution in [0.25, 0.3) is 11.0 Å². The molecule has 29 heavy (non-hydrogen) atoms. The molecule has 0 unspecified atom stereocenters. The lowest BCUT2D eigenvalue weighted by Gasteiger charge is -2.26. The van der Waals surface area contributed by atoms with Gasteiger partial charge in [-0.1, -0.05) is 24.3 Å². The molecule has 0 spiro atoms. The van der Waals surface area contributed by atoms with Crippen LogP contribution in [0.3, 0.4) is 0 Å². The van der Waals surface area contributed by atoms with Crippen LogP contribution in [0.2, 0.25) is 0 Å². The number of amides is 1. The summed E-state index contributed by atoms with van der Waals surface area (Å²) < 4.78 is 0. The van der Waals surface area contributed by atoms with Gasteiger partial charge in [0.1, 0.15) is 17.8 Å². The summed E-state index contributed by atoms with van der Waals surface area (Å²) in [4.78, 5) is 27.4.